The summed E-state index contributed by atoms with van der Waals surface area (Å²) in [6, 6.07) is 33.1. The maximum absolute atomic E-state index is 12.8. The van der Waals surface area contributed by atoms with E-state index < -0.39 is 0 Å². The van der Waals surface area contributed by atoms with Gasteiger partial charge in [0.25, 0.3) is 0 Å². The number of hydrogen-bond donors (Lipinski definition) is 1. The lowest BCUT2D eigenvalue weighted by molar-refractivity contribution is -0.113. The smallest absolute Gasteiger partial charge is 0.234 e. The number of aromatic nitrogens is 3. The first-order valence-electron chi connectivity index (χ1n) is 13.7. The fourth-order valence-corrected chi connectivity index (χ4v) is 4.97. The number of thioether (sulfide) groups is 1. The van der Waals surface area contributed by atoms with Crippen LogP contribution in [-0.4, -0.2) is 26.4 Å². The molecule has 1 amide bonds. The summed E-state index contributed by atoms with van der Waals surface area (Å²) in [7, 11) is 0. The number of rotatable bonds is 10. The highest BCUT2D eigenvalue weighted by Crippen LogP contribution is 2.27. The van der Waals surface area contributed by atoms with Gasteiger partial charge in [-0.05, 0) is 78.6 Å². The van der Waals surface area contributed by atoms with Crippen LogP contribution in [0.15, 0.2) is 108 Å². The average Bonchev–Trinajstić information content (AvgIpc) is 3.39. The van der Waals surface area contributed by atoms with Crippen LogP contribution in [0.3, 0.4) is 0 Å². The minimum absolute atomic E-state index is 0.0722. The van der Waals surface area contributed by atoms with Crippen LogP contribution in [0.4, 0.5) is 5.69 Å². The molecule has 1 heterocycles. The Morgan fingerprint density at radius 1 is 0.810 bits per heavy atom. The highest BCUT2D eigenvalue weighted by atomic mass is 32.2. The van der Waals surface area contributed by atoms with Gasteiger partial charge in [0.1, 0.15) is 23.9 Å². The second-order valence-electron chi connectivity index (χ2n) is 10.9. The summed E-state index contributed by atoms with van der Waals surface area (Å²) in [4.78, 5) is 12.8. The Morgan fingerprint density at radius 2 is 1.45 bits per heavy atom. The zero-order valence-electron chi connectivity index (χ0n) is 24.2. The Bertz CT molecular complexity index is 1610. The fraction of sp³-hybridized carbons (Fsp3) is 0.206. The molecule has 8 heteroatoms. The summed E-state index contributed by atoms with van der Waals surface area (Å²) in [6.45, 7) is 8.83. The monoisotopic (exact) mass is 578 g/mol. The van der Waals surface area contributed by atoms with Gasteiger partial charge in [-0.25, -0.2) is 0 Å². The second-order valence-corrected chi connectivity index (χ2v) is 11.9. The summed E-state index contributed by atoms with van der Waals surface area (Å²) in [5.74, 6) is 2.88. The van der Waals surface area contributed by atoms with Gasteiger partial charge in [0.05, 0.1) is 5.75 Å². The molecule has 5 rings (SSSR count). The Kier molecular flexibility index (Phi) is 8.93. The summed E-state index contributed by atoms with van der Waals surface area (Å²) < 4.78 is 13.9. The lowest BCUT2D eigenvalue weighted by Crippen LogP contribution is -2.14. The standard InChI is InChI=1S/C34H34N4O3S/c1-24-10-16-27(17-11-24)38-31(22-40-28-18-12-25(13-19-28)34(2,3)4)36-37-33(38)42-23-32(39)35-26-14-20-30(21-15-26)41-29-8-6-5-7-9-29/h5-21H,22-23H2,1-4H3,(H,35,39). The first-order valence-corrected chi connectivity index (χ1v) is 14.7. The van der Waals surface area contributed by atoms with Gasteiger partial charge in [-0.3, -0.25) is 9.36 Å². The molecular weight excluding hydrogens is 544 g/mol. The van der Waals surface area contributed by atoms with Crippen molar-refractivity contribution in [3.05, 3.63) is 120 Å². The second kappa shape index (κ2) is 13.0. The van der Waals surface area contributed by atoms with E-state index in [-0.39, 0.29) is 23.7 Å². The largest absolute Gasteiger partial charge is 0.486 e. The van der Waals surface area contributed by atoms with Crippen LogP contribution in [0.5, 0.6) is 17.2 Å². The number of nitrogens with one attached hydrogen (secondary N) is 1. The molecule has 0 bridgehead atoms. The van der Waals surface area contributed by atoms with E-state index in [0.29, 0.717) is 22.4 Å². The SMILES string of the molecule is Cc1ccc(-n2c(COc3ccc(C(C)(C)C)cc3)nnc2SCC(=O)Nc2ccc(Oc3ccccc3)cc2)cc1. The molecule has 0 spiro atoms. The number of aryl methyl sites for hydroxylation is 1. The van der Waals surface area contributed by atoms with Gasteiger partial charge in [-0.1, -0.05) is 80.6 Å². The maximum atomic E-state index is 12.8. The van der Waals surface area contributed by atoms with Crippen LogP contribution in [0.25, 0.3) is 5.69 Å². The molecule has 4 aromatic carbocycles. The van der Waals surface area contributed by atoms with Crippen LogP contribution in [0, 0.1) is 6.92 Å². The van der Waals surface area contributed by atoms with Crippen LogP contribution in [-0.2, 0) is 16.8 Å². The van der Waals surface area contributed by atoms with Crippen molar-refractivity contribution < 1.29 is 14.3 Å². The summed E-state index contributed by atoms with van der Waals surface area (Å²) in [5, 5.41) is 12.4. The van der Waals surface area contributed by atoms with Crippen molar-refractivity contribution in [1.29, 1.82) is 0 Å². The number of carbonyl (C=O) groups excluding carboxylic acids is 1. The summed E-state index contributed by atoms with van der Waals surface area (Å²) in [6.07, 6.45) is 0. The Labute approximate surface area is 250 Å². The third kappa shape index (κ3) is 7.59. The third-order valence-corrected chi connectivity index (χ3v) is 7.46. The highest BCUT2D eigenvalue weighted by molar-refractivity contribution is 7.99. The van der Waals surface area contributed by atoms with Crippen molar-refractivity contribution in [3.8, 4) is 22.9 Å². The number of benzene rings is 4. The summed E-state index contributed by atoms with van der Waals surface area (Å²) >= 11 is 1.32. The highest BCUT2D eigenvalue weighted by Gasteiger charge is 2.18. The van der Waals surface area contributed by atoms with Crippen LogP contribution >= 0.6 is 11.8 Å². The Hall–Kier alpha value is -4.56. The predicted octanol–water partition coefficient (Wildman–Crippen LogP) is 7.98. The van der Waals surface area contributed by atoms with E-state index in [0.717, 1.165) is 22.7 Å². The number of anilines is 1. The van der Waals surface area contributed by atoms with E-state index in [1.165, 1.54) is 17.3 Å². The zero-order valence-corrected chi connectivity index (χ0v) is 25.0. The molecule has 0 unspecified atom stereocenters. The van der Waals surface area contributed by atoms with Crippen molar-refractivity contribution >= 4 is 23.4 Å². The molecule has 0 aliphatic carbocycles. The van der Waals surface area contributed by atoms with E-state index >= 15 is 0 Å². The number of amides is 1. The molecule has 5 aromatic rings. The normalized spacial score (nSPS) is 11.2. The summed E-state index contributed by atoms with van der Waals surface area (Å²) in [5.41, 5.74) is 4.06. The quantitative estimate of drug-likeness (QED) is 0.169. The molecule has 0 atom stereocenters. The van der Waals surface area contributed by atoms with Gasteiger partial charge in [0.15, 0.2) is 11.0 Å². The molecule has 0 saturated carbocycles. The molecule has 0 aliphatic heterocycles. The molecule has 0 fully saturated rings. The number of para-hydroxylation sites is 1. The average molecular weight is 579 g/mol. The molecule has 0 aliphatic rings. The number of hydrogen-bond acceptors (Lipinski definition) is 6. The molecule has 1 aromatic heterocycles. The van der Waals surface area contributed by atoms with E-state index in [1.54, 1.807) is 0 Å². The first kappa shape index (κ1) is 29.0. The third-order valence-electron chi connectivity index (χ3n) is 6.53. The fourth-order valence-electron chi connectivity index (χ4n) is 4.20. The van der Waals surface area contributed by atoms with Crippen LogP contribution in [0.1, 0.15) is 37.7 Å². The molecule has 1 N–H and O–H groups in total. The van der Waals surface area contributed by atoms with E-state index in [9.17, 15) is 4.79 Å². The number of carbonyl (C=O) groups is 1. The lowest BCUT2D eigenvalue weighted by Gasteiger charge is -2.19. The maximum Gasteiger partial charge on any atom is 0.234 e. The molecule has 42 heavy (non-hydrogen) atoms. The van der Waals surface area contributed by atoms with Crippen LogP contribution in [0.2, 0.25) is 0 Å². The minimum Gasteiger partial charge on any atom is -0.486 e. The Morgan fingerprint density at radius 3 is 2.12 bits per heavy atom. The van der Waals surface area contributed by atoms with Crippen molar-refractivity contribution in [2.75, 3.05) is 11.1 Å². The predicted molar refractivity (Wildman–Crippen MR) is 168 cm³/mol. The van der Waals surface area contributed by atoms with E-state index in [2.05, 4.69) is 48.4 Å². The van der Waals surface area contributed by atoms with Gasteiger partial charge < -0.3 is 14.8 Å². The number of nitrogens with zero attached hydrogens (tertiary/aromatic N) is 3. The molecule has 0 saturated heterocycles. The van der Waals surface area contributed by atoms with Gasteiger partial charge in [-0.15, -0.1) is 10.2 Å². The van der Waals surface area contributed by atoms with E-state index in [1.807, 2.05) is 102 Å². The van der Waals surface area contributed by atoms with Crippen LogP contribution < -0.4 is 14.8 Å². The van der Waals surface area contributed by atoms with E-state index in [4.69, 9.17) is 9.47 Å². The van der Waals surface area contributed by atoms with Crippen molar-refractivity contribution in [2.24, 2.45) is 0 Å². The van der Waals surface area contributed by atoms with Gasteiger partial charge in [-0.2, -0.15) is 0 Å². The minimum atomic E-state index is -0.146. The first-order chi connectivity index (χ1) is 20.2. The molecule has 214 valence electrons. The van der Waals surface area contributed by atoms with Crippen molar-refractivity contribution in [2.45, 2.75) is 44.9 Å². The number of ether oxygens (including phenoxy) is 2. The van der Waals surface area contributed by atoms with Gasteiger partial charge >= 0.3 is 0 Å². The zero-order chi connectivity index (χ0) is 29.5. The Balaban J connectivity index is 1.24. The molecule has 7 nitrogen and oxygen atoms in total. The lowest BCUT2D eigenvalue weighted by atomic mass is 9.87. The van der Waals surface area contributed by atoms with Crippen molar-refractivity contribution in [3.63, 3.8) is 0 Å². The van der Waals surface area contributed by atoms with Gasteiger partial charge in [0, 0.05) is 11.4 Å². The van der Waals surface area contributed by atoms with Gasteiger partial charge in [0.2, 0.25) is 5.91 Å². The topological polar surface area (TPSA) is 78.3 Å². The molecule has 0 radical (unpaired) electrons. The molecular formula is C34H34N4O3S. The van der Waals surface area contributed by atoms with Crippen molar-refractivity contribution in [1.82, 2.24) is 14.8 Å².